The number of aryl methyl sites for hydroxylation is 1. The molecule has 2 aliphatic heterocycles. The predicted molar refractivity (Wildman–Crippen MR) is 60.3 cm³/mol. The molecule has 1 spiro atoms. The summed E-state index contributed by atoms with van der Waals surface area (Å²) in [5.41, 5.74) is -0.150. The van der Waals surface area contributed by atoms with Crippen LogP contribution in [0.3, 0.4) is 0 Å². The molecule has 0 radical (unpaired) electrons. The van der Waals surface area contributed by atoms with Crippen molar-refractivity contribution >= 4 is 11.9 Å². The first-order valence-corrected chi connectivity index (χ1v) is 5.81. The molecule has 0 aliphatic carbocycles. The summed E-state index contributed by atoms with van der Waals surface area (Å²) in [5.74, 6) is -0.178. The minimum Gasteiger partial charge on any atom is -0.322 e. The predicted octanol–water partition coefficient (Wildman–Crippen LogP) is -1.40. The van der Waals surface area contributed by atoms with E-state index in [9.17, 15) is 9.59 Å². The van der Waals surface area contributed by atoms with Gasteiger partial charge in [0.1, 0.15) is 11.2 Å². The van der Waals surface area contributed by atoms with E-state index in [1.807, 2.05) is 0 Å². The normalized spacial score (nSPS) is 27.3. The molecule has 8 nitrogen and oxygen atoms in total. The zero-order valence-electron chi connectivity index (χ0n) is 10.0. The fourth-order valence-electron chi connectivity index (χ4n) is 2.43. The first-order valence-electron chi connectivity index (χ1n) is 5.81. The zero-order valence-corrected chi connectivity index (χ0v) is 10.0. The first kappa shape index (κ1) is 11.1. The highest BCUT2D eigenvalue weighted by Crippen LogP contribution is 2.25. The molecule has 96 valence electrons. The highest BCUT2D eigenvalue weighted by Gasteiger charge is 2.52. The Morgan fingerprint density at radius 1 is 1.50 bits per heavy atom. The van der Waals surface area contributed by atoms with E-state index < -0.39 is 5.54 Å². The maximum atomic E-state index is 12.3. The monoisotopic (exact) mass is 250 g/mol. The van der Waals surface area contributed by atoms with Gasteiger partial charge >= 0.3 is 6.03 Å². The van der Waals surface area contributed by atoms with E-state index in [0.717, 1.165) is 6.54 Å². The summed E-state index contributed by atoms with van der Waals surface area (Å²) in [6, 6.07) is -0.352. The molecular formula is C10H14N6O2. The Morgan fingerprint density at radius 2 is 2.33 bits per heavy atom. The van der Waals surface area contributed by atoms with Crippen molar-refractivity contribution in [2.45, 2.75) is 18.5 Å². The van der Waals surface area contributed by atoms with Gasteiger partial charge in [0.15, 0.2) is 0 Å². The fourth-order valence-corrected chi connectivity index (χ4v) is 2.43. The number of carbonyl (C=O) groups is 2. The number of carbonyl (C=O) groups excluding carboxylic acids is 2. The molecule has 3 heterocycles. The number of nitrogens with zero attached hydrogens (tertiary/aromatic N) is 4. The van der Waals surface area contributed by atoms with E-state index in [1.165, 1.54) is 4.90 Å². The summed E-state index contributed by atoms with van der Waals surface area (Å²) in [6.45, 7) is 1.40. The third-order valence-electron chi connectivity index (χ3n) is 3.37. The van der Waals surface area contributed by atoms with Gasteiger partial charge < -0.3 is 10.6 Å². The summed E-state index contributed by atoms with van der Waals surface area (Å²) in [7, 11) is 1.74. The van der Waals surface area contributed by atoms with Gasteiger partial charge in [-0.25, -0.2) is 4.79 Å². The van der Waals surface area contributed by atoms with Crippen LogP contribution in [-0.2, 0) is 18.4 Å². The SMILES string of the molecule is Cn1cc(CN2C(=O)NC3(CCNC3)C2=O)nn1. The van der Waals surface area contributed by atoms with Crippen LogP contribution in [0, 0.1) is 0 Å². The largest absolute Gasteiger partial charge is 0.325 e. The minimum absolute atomic E-state index is 0.167. The van der Waals surface area contributed by atoms with Crippen molar-refractivity contribution < 1.29 is 9.59 Å². The summed E-state index contributed by atoms with van der Waals surface area (Å²) in [4.78, 5) is 25.4. The van der Waals surface area contributed by atoms with E-state index in [2.05, 4.69) is 20.9 Å². The Hall–Kier alpha value is -1.96. The van der Waals surface area contributed by atoms with E-state index in [0.29, 0.717) is 18.7 Å². The molecule has 2 fully saturated rings. The molecule has 1 aromatic heterocycles. The van der Waals surface area contributed by atoms with Crippen LogP contribution in [-0.4, -0.2) is 50.5 Å². The van der Waals surface area contributed by atoms with Crippen molar-refractivity contribution in [2.75, 3.05) is 13.1 Å². The summed E-state index contributed by atoms with van der Waals surface area (Å²) < 4.78 is 1.54. The number of imide groups is 1. The Kier molecular flexibility index (Phi) is 2.34. The lowest BCUT2D eigenvalue weighted by Gasteiger charge is -2.18. The van der Waals surface area contributed by atoms with Gasteiger partial charge in [-0.15, -0.1) is 5.10 Å². The van der Waals surface area contributed by atoms with Gasteiger partial charge in [-0.3, -0.25) is 14.4 Å². The van der Waals surface area contributed by atoms with Gasteiger partial charge in [0.05, 0.1) is 6.54 Å². The van der Waals surface area contributed by atoms with E-state index in [-0.39, 0.29) is 18.5 Å². The topological polar surface area (TPSA) is 92.2 Å². The molecule has 1 unspecified atom stereocenters. The van der Waals surface area contributed by atoms with Crippen LogP contribution in [0.2, 0.25) is 0 Å². The number of nitrogens with one attached hydrogen (secondary N) is 2. The Bertz CT molecular complexity index is 504. The molecule has 2 saturated heterocycles. The molecular weight excluding hydrogens is 236 g/mol. The summed E-state index contributed by atoms with van der Waals surface area (Å²) in [5, 5.41) is 13.5. The van der Waals surface area contributed by atoms with Crippen molar-refractivity contribution in [1.82, 2.24) is 30.5 Å². The van der Waals surface area contributed by atoms with Crippen molar-refractivity contribution in [3.05, 3.63) is 11.9 Å². The van der Waals surface area contributed by atoms with E-state index in [4.69, 9.17) is 0 Å². The van der Waals surface area contributed by atoms with Crippen LogP contribution in [0.4, 0.5) is 4.79 Å². The summed E-state index contributed by atoms with van der Waals surface area (Å²) in [6.07, 6.45) is 2.33. The van der Waals surface area contributed by atoms with Gasteiger partial charge in [0, 0.05) is 19.8 Å². The van der Waals surface area contributed by atoms with Gasteiger partial charge in [-0.05, 0) is 13.0 Å². The lowest BCUT2D eigenvalue weighted by Crippen LogP contribution is -2.48. The van der Waals surface area contributed by atoms with Crippen LogP contribution in [0.15, 0.2) is 6.20 Å². The lowest BCUT2D eigenvalue weighted by molar-refractivity contribution is -0.131. The maximum Gasteiger partial charge on any atom is 0.325 e. The quantitative estimate of drug-likeness (QED) is 0.630. The average molecular weight is 250 g/mol. The summed E-state index contributed by atoms with van der Waals surface area (Å²) >= 11 is 0. The van der Waals surface area contributed by atoms with Crippen LogP contribution in [0.25, 0.3) is 0 Å². The second-order valence-electron chi connectivity index (χ2n) is 4.71. The van der Waals surface area contributed by atoms with Gasteiger partial charge in [0.2, 0.25) is 0 Å². The van der Waals surface area contributed by atoms with Gasteiger partial charge in [0.25, 0.3) is 5.91 Å². The molecule has 8 heteroatoms. The highest BCUT2D eigenvalue weighted by atomic mass is 16.2. The lowest BCUT2D eigenvalue weighted by atomic mass is 9.99. The number of amides is 3. The molecule has 2 N–H and O–H groups in total. The molecule has 3 amide bonds. The zero-order chi connectivity index (χ0) is 12.8. The molecule has 0 saturated carbocycles. The fraction of sp³-hybridized carbons (Fsp3) is 0.600. The molecule has 0 aromatic carbocycles. The molecule has 2 aliphatic rings. The average Bonchev–Trinajstić information content (AvgIpc) is 2.99. The number of rotatable bonds is 2. The van der Waals surface area contributed by atoms with Gasteiger partial charge in [-0.2, -0.15) is 0 Å². The van der Waals surface area contributed by atoms with Crippen LogP contribution in [0.5, 0.6) is 0 Å². The smallest absolute Gasteiger partial charge is 0.322 e. The Balaban J connectivity index is 1.80. The van der Waals surface area contributed by atoms with Crippen molar-refractivity contribution in [1.29, 1.82) is 0 Å². The molecule has 1 atom stereocenters. The Morgan fingerprint density at radius 3 is 2.94 bits per heavy atom. The second kappa shape index (κ2) is 3.77. The Labute approximate surface area is 103 Å². The standard InChI is InChI=1S/C10H14N6O2/c1-15-4-7(13-14-15)5-16-8(17)10(12-9(16)18)2-3-11-6-10/h4,11H,2-3,5-6H2,1H3,(H,12,18). The minimum atomic E-state index is -0.751. The number of hydrogen-bond acceptors (Lipinski definition) is 5. The van der Waals surface area contributed by atoms with Crippen molar-refractivity contribution in [2.24, 2.45) is 7.05 Å². The molecule has 1 aromatic rings. The first-order chi connectivity index (χ1) is 8.61. The maximum absolute atomic E-state index is 12.3. The number of urea groups is 1. The third kappa shape index (κ3) is 1.57. The van der Waals surface area contributed by atoms with Crippen molar-refractivity contribution in [3.63, 3.8) is 0 Å². The molecule has 18 heavy (non-hydrogen) atoms. The van der Waals surface area contributed by atoms with Crippen LogP contribution >= 0.6 is 0 Å². The highest BCUT2D eigenvalue weighted by molar-refractivity contribution is 6.07. The second-order valence-corrected chi connectivity index (χ2v) is 4.71. The third-order valence-corrected chi connectivity index (χ3v) is 3.37. The van der Waals surface area contributed by atoms with Crippen LogP contribution < -0.4 is 10.6 Å². The van der Waals surface area contributed by atoms with E-state index in [1.54, 1.807) is 17.9 Å². The number of hydrogen-bond donors (Lipinski definition) is 2. The van der Waals surface area contributed by atoms with E-state index >= 15 is 0 Å². The van der Waals surface area contributed by atoms with Crippen LogP contribution in [0.1, 0.15) is 12.1 Å². The molecule has 0 bridgehead atoms. The molecule has 3 rings (SSSR count). The number of aromatic nitrogens is 3. The van der Waals surface area contributed by atoms with Gasteiger partial charge in [-0.1, -0.05) is 5.21 Å². The van der Waals surface area contributed by atoms with Crippen molar-refractivity contribution in [3.8, 4) is 0 Å².